The number of piperazine rings is 2. The molecule has 6 heterocycles. The molecule has 4 aliphatic heterocycles. The van der Waals surface area contributed by atoms with Crippen LogP contribution in [-0.4, -0.2) is 108 Å². The molecule has 0 saturated carbocycles. The lowest BCUT2D eigenvalue weighted by Crippen LogP contribution is -2.58. The van der Waals surface area contributed by atoms with Gasteiger partial charge in [-0.2, -0.15) is 10.5 Å². The Balaban J connectivity index is 0.799. The van der Waals surface area contributed by atoms with E-state index >= 15 is 8.78 Å². The molecule has 0 spiro atoms. The number of halogens is 6. The minimum Gasteiger partial charge on any atom is -0.491 e. The fourth-order valence-corrected chi connectivity index (χ4v) is 12.5. The minimum atomic E-state index is -0.876. The quantitative estimate of drug-likeness (QED) is 0.159. The zero-order valence-corrected chi connectivity index (χ0v) is 38.7. The molecule has 13 nitrogen and oxygen atoms in total. The zero-order chi connectivity index (χ0) is 47.9. The summed E-state index contributed by atoms with van der Waals surface area (Å²) in [7, 11) is 0. The molecular formula is C47H36Cl2F4N8O5S2. The molecule has 4 aromatic carbocycles. The lowest BCUT2D eigenvalue weighted by molar-refractivity contribution is -0.134. The summed E-state index contributed by atoms with van der Waals surface area (Å²) < 4.78 is 74.3. The van der Waals surface area contributed by atoms with Gasteiger partial charge in [-0.05, 0) is 35.4 Å². The monoisotopic (exact) mass is 1000 g/mol. The van der Waals surface area contributed by atoms with Crippen molar-refractivity contribution in [2.45, 2.75) is 31.3 Å². The zero-order valence-electron chi connectivity index (χ0n) is 35.6. The first kappa shape index (κ1) is 45.4. The molecule has 2 saturated heterocycles. The average Bonchev–Trinajstić information content (AvgIpc) is 3.85. The summed E-state index contributed by atoms with van der Waals surface area (Å²) in [5, 5.41) is 19.6. The Bertz CT molecular complexity index is 3260. The van der Waals surface area contributed by atoms with Crippen molar-refractivity contribution < 1.29 is 41.4 Å². The van der Waals surface area contributed by atoms with Crippen molar-refractivity contribution >= 4 is 93.8 Å². The molecule has 0 unspecified atom stereocenters. The number of rotatable bonds is 5. The van der Waals surface area contributed by atoms with Crippen LogP contribution < -0.4 is 20.9 Å². The summed E-state index contributed by atoms with van der Waals surface area (Å²) in [6.45, 7) is 2.33. The van der Waals surface area contributed by atoms with Gasteiger partial charge in [0.05, 0.1) is 61.0 Å². The lowest BCUT2D eigenvalue weighted by Gasteiger charge is -2.44. The van der Waals surface area contributed by atoms with E-state index in [0.717, 1.165) is 46.9 Å². The van der Waals surface area contributed by atoms with Crippen LogP contribution in [0.1, 0.15) is 51.1 Å². The van der Waals surface area contributed by atoms with E-state index in [2.05, 4.69) is 4.90 Å². The van der Waals surface area contributed by atoms with Gasteiger partial charge in [-0.3, -0.25) is 19.3 Å². The van der Waals surface area contributed by atoms with Crippen molar-refractivity contribution in [3.8, 4) is 45.9 Å². The first-order chi connectivity index (χ1) is 32.7. The molecule has 6 aromatic rings. The van der Waals surface area contributed by atoms with Crippen LogP contribution in [0.2, 0.25) is 10.0 Å². The first-order valence-corrected chi connectivity index (χ1v) is 23.8. The second-order valence-electron chi connectivity index (χ2n) is 16.8. The van der Waals surface area contributed by atoms with E-state index in [1.807, 2.05) is 12.1 Å². The summed E-state index contributed by atoms with van der Waals surface area (Å²) in [5.41, 5.74) is 11.8. The summed E-state index contributed by atoms with van der Waals surface area (Å²) >= 11 is 15.4. The van der Waals surface area contributed by atoms with Crippen molar-refractivity contribution in [1.29, 1.82) is 10.5 Å². The van der Waals surface area contributed by atoms with Crippen molar-refractivity contribution in [3.05, 3.63) is 92.0 Å². The summed E-state index contributed by atoms with van der Waals surface area (Å²) in [6.07, 6.45) is 0.896. The third-order valence-corrected chi connectivity index (χ3v) is 15.9. The molecule has 10 rings (SSSR count). The molecule has 348 valence electrons. The number of anilines is 2. The SMILES string of the molecule is N#Cc1c(N)sc2c(F)ccc(-c3c(F)cc4c(c3Cl)OCC[C@H]3CN(CCC(=O)N5CCN6C(=O)c7cc(F)c(-c8ccc(F)c9sc(N)c(C#N)c89)c(Cl)c7OCC[C@H]6C5)CCN3C4=O)c12. The number of ether oxygens (including phenoxy) is 2. The van der Waals surface area contributed by atoms with Crippen LogP contribution in [0.4, 0.5) is 27.6 Å². The van der Waals surface area contributed by atoms with Crippen molar-refractivity contribution in [2.24, 2.45) is 0 Å². The molecule has 0 radical (unpaired) electrons. The van der Waals surface area contributed by atoms with Crippen LogP contribution in [0.3, 0.4) is 0 Å². The molecular weight excluding hydrogens is 968 g/mol. The maximum atomic E-state index is 16.2. The number of thiophene rings is 2. The predicted molar refractivity (Wildman–Crippen MR) is 250 cm³/mol. The van der Waals surface area contributed by atoms with Gasteiger partial charge < -0.3 is 35.6 Å². The number of nitrogens with two attached hydrogens (primary N) is 2. The largest absolute Gasteiger partial charge is 0.491 e. The number of fused-ring (bicyclic) bond motifs is 6. The molecule has 3 amide bonds. The van der Waals surface area contributed by atoms with Gasteiger partial charge in [0.15, 0.2) is 11.5 Å². The number of carbonyl (C=O) groups excluding carboxylic acids is 3. The Kier molecular flexibility index (Phi) is 11.8. The molecule has 2 fully saturated rings. The Hall–Kier alpha value is -6.35. The molecule has 4 N–H and O–H groups in total. The van der Waals surface area contributed by atoms with Gasteiger partial charge in [0.25, 0.3) is 11.8 Å². The second-order valence-corrected chi connectivity index (χ2v) is 19.7. The van der Waals surface area contributed by atoms with Crippen LogP contribution in [-0.2, 0) is 4.79 Å². The predicted octanol–water partition coefficient (Wildman–Crippen LogP) is 8.66. The van der Waals surface area contributed by atoms with E-state index in [1.54, 1.807) is 14.7 Å². The average molecular weight is 1000 g/mol. The number of carbonyl (C=O) groups is 3. The molecule has 0 aliphatic carbocycles. The fraction of sp³-hybridized carbons (Fsp3) is 0.298. The number of nitriles is 2. The highest BCUT2D eigenvalue weighted by Crippen LogP contribution is 2.49. The van der Waals surface area contributed by atoms with Crippen LogP contribution in [0, 0.1) is 45.9 Å². The number of nitrogens with zero attached hydrogens (tertiary/aromatic N) is 6. The fourth-order valence-electron chi connectivity index (χ4n) is 9.86. The van der Waals surface area contributed by atoms with E-state index in [1.165, 1.54) is 12.1 Å². The minimum absolute atomic E-state index is 0.00629. The Labute approximate surface area is 403 Å². The van der Waals surface area contributed by atoms with Gasteiger partial charge in [0, 0.05) is 93.0 Å². The van der Waals surface area contributed by atoms with E-state index < -0.39 is 41.1 Å². The maximum Gasteiger partial charge on any atom is 0.258 e. The number of hydrogen-bond acceptors (Lipinski definition) is 12. The normalized spacial score (nSPS) is 18.6. The lowest BCUT2D eigenvalue weighted by atomic mass is 9.95. The van der Waals surface area contributed by atoms with E-state index in [-0.39, 0.29) is 154 Å². The molecule has 0 bridgehead atoms. The smallest absolute Gasteiger partial charge is 0.258 e. The van der Waals surface area contributed by atoms with Gasteiger partial charge in [-0.25, -0.2) is 17.6 Å². The van der Waals surface area contributed by atoms with Crippen LogP contribution >= 0.6 is 45.9 Å². The van der Waals surface area contributed by atoms with E-state index in [4.69, 9.17) is 44.1 Å². The van der Waals surface area contributed by atoms with Crippen molar-refractivity contribution in [1.82, 2.24) is 19.6 Å². The first-order valence-electron chi connectivity index (χ1n) is 21.4. The van der Waals surface area contributed by atoms with Gasteiger partial charge >= 0.3 is 0 Å². The summed E-state index contributed by atoms with van der Waals surface area (Å²) in [6, 6.07) is 10.2. The molecule has 2 aromatic heterocycles. The van der Waals surface area contributed by atoms with E-state index in [9.17, 15) is 33.7 Å². The van der Waals surface area contributed by atoms with Gasteiger partial charge in [0.1, 0.15) is 45.4 Å². The number of nitrogen functional groups attached to an aromatic ring is 2. The Morgan fingerprint density at radius 1 is 0.691 bits per heavy atom. The Morgan fingerprint density at radius 3 is 1.65 bits per heavy atom. The molecule has 21 heteroatoms. The summed E-state index contributed by atoms with van der Waals surface area (Å²) in [5.74, 6) is -4.19. The van der Waals surface area contributed by atoms with Crippen molar-refractivity contribution in [3.63, 3.8) is 0 Å². The van der Waals surface area contributed by atoms with Crippen LogP contribution in [0.5, 0.6) is 11.5 Å². The van der Waals surface area contributed by atoms with Gasteiger partial charge in [-0.15, -0.1) is 22.7 Å². The maximum absolute atomic E-state index is 16.2. The molecule has 68 heavy (non-hydrogen) atoms. The molecule has 2 atom stereocenters. The third-order valence-electron chi connectivity index (χ3n) is 13.2. The highest BCUT2D eigenvalue weighted by atomic mass is 35.5. The third kappa shape index (κ3) is 7.39. The van der Waals surface area contributed by atoms with Gasteiger partial charge in [-0.1, -0.05) is 35.3 Å². The number of benzene rings is 4. The summed E-state index contributed by atoms with van der Waals surface area (Å²) in [4.78, 5) is 49.0. The van der Waals surface area contributed by atoms with Crippen LogP contribution in [0.15, 0.2) is 36.4 Å². The van der Waals surface area contributed by atoms with Gasteiger partial charge in [0.2, 0.25) is 5.91 Å². The Morgan fingerprint density at radius 2 is 1.16 bits per heavy atom. The highest BCUT2D eigenvalue weighted by molar-refractivity contribution is 7.23. The highest BCUT2D eigenvalue weighted by Gasteiger charge is 2.39. The van der Waals surface area contributed by atoms with E-state index in [0.29, 0.717) is 32.5 Å². The number of amides is 3. The van der Waals surface area contributed by atoms with Crippen LogP contribution in [0.25, 0.3) is 42.4 Å². The molecule has 4 aliphatic rings. The number of hydrogen-bond donors (Lipinski definition) is 2. The second kappa shape index (κ2) is 17.6. The standard InChI is InChI=1S/C47H36Cl2F4N8O5S2/c48-38-36(23-1-3-29(50)42-34(23)27(17-54)44(56)67-42)31(52)15-25-40(38)65-13-6-21-19-58(9-11-60(21)46(25)63)8-5-33(62)59-10-12-61-22(20-59)7-14-66-41-26(47(61)64)16-32(53)37(39(41)49)24-2-4-30(51)43-35(24)28(18-55)45(57)68-43/h1-4,15-16,21-22H,5-14,19-20,56-57H2/t21-,22-/m0/s1. The topological polar surface area (TPSA) is 182 Å². The van der Waals surface area contributed by atoms with Crippen molar-refractivity contribution in [2.75, 3.05) is 70.5 Å².